The van der Waals surface area contributed by atoms with Crippen LogP contribution in [0.4, 0.5) is 0 Å². The molecule has 0 radical (unpaired) electrons. The van der Waals surface area contributed by atoms with Crippen molar-refractivity contribution >= 4 is 0 Å². The van der Waals surface area contributed by atoms with Gasteiger partial charge >= 0.3 is 0 Å². The van der Waals surface area contributed by atoms with Crippen molar-refractivity contribution in [2.24, 2.45) is 0 Å². The molecule has 0 spiro atoms. The van der Waals surface area contributed by atoms with Gasteiger partial charge in [0.1, 0.15) is 0 Å². The van der Waals surface area contributed by atoms with Crippen LogP contribution < -0.4 is 0 Å². The van der Waals surface area contributed by atoms with Crippen LogP contribution in [0.25, 0.3) is 0 Å². The molecule has 0 saturated heterocycles. The molecular formula is C9H20N+. The number of rotatable bonds is 4. The van der Waals surface area contributed by atoms with Gasteiger partial charge in [-0.05, 0) is 12.5 Å². The summed E-state index contributed by atoms with van der Waals surface area (Å²) >= 11 is 0. The van der Waals surface area contributed by atoms with Gasteiger partial charge in [0.25, 0.3) is 0 Å². The number of nitrogens with zero attached hydrogens (tertiary/aromatic N) is 1. The van der Waals surface area contributed by atoms with Crippen molar-refractivity contribution in [3.63, 3.8) is 0 Å². The fraction of sp³-hybridized carbons (Fsp3) is 0.778. The first kappa shape index (κ1) is 9.70. The van der Waals surface area contributed by atoms with Gasteiger partial charge in [0.05, 0.1) is 27.7 Å². The molecule has 1 nitrogen and oxygen atoms in total. The van der Waals surface area contributed by atoms with E-state index >= 15 is 0 Å². The number of hydrogen-bond acceptors (Lipinski definition) is 0. The van der Waals surface area contributed by atoms with E-state index in [4.69, 9.17) is 0 Å². The predicted octanol–water partition coefficient (Wildman–Crippen LogP) is 2.05. The quantitative estimate of drug-likeness (QED) is 0.416. The zero-order valence-corrected chi connectivity index (χ0v) is 7.72. The van der Waals surface area contributed by atoms with Gasteiger partial charge in [-0.1, -0.05) is 19.4 Å². The SMILES string of the molecule is CCCC=CC[N+](C)(C)C. The summed E-state index contributed by atoms with van der Waals surface area (Å²) < 4.78 is 1.03. The number of unbranched alkanes of at least 4 members (excludes halogenated alkanes) is 1. The molecule has 1 heteroatoms. The molecule has 0 rings (SSSR count). The van der Waals surface area contributed by atoms with E-state index < -0.39 is 0 Å². The molecule has 0 fully saturated rings. The normalized spacial score (nSPS) is 12.8. The topological polar surface area (TPSA) is 0 Å². The van der Waals surface area contributed by atoms with Crippen LogP contribution in [0.15, 0.2) is 12.2 Å². The van der Waals surface area contributed by atoms with E-state index in [1.165, 1.54) is 12.8 Å². The highest BCUT2D eigenvalue weighted by Crippen LogP contribution is 1.93. The van der Waals surface area contributed by atoms with E-state index in [9.17, 15) is 0 Å². The van der Waals surface area contributed by atoms with Crippen molar-refractivity contribution in [1.29, 1.82) is 0 Å². The van der Waals surface area contributed by atoms with Gasteiger partial charge in [-0.2, -0.15) is 0 Å². The summed E-state index contributed by atoms with van der Waals surface area (Å²) in [7, 11) is 6.61. The Bertz CT molecular complexity index is 97.8. The maximum absolute atomic E-state index is 2.27. The molecule has 0 aromatic carbocycles. The first-order valence-electron chi connectivity index (χ1n) is 4.01. The molecule has 0 aliphatic carbocycles. The lowest BCUT2D eigenvalue weighted by Crippen LogP contribution is -2.34. The van der Waals surface area contributed by atoms with E-state index in [1.54, 1.807) is 0 Å². The monoisotopic (exact) mass is 142 g/mol. The minimum atomic E-state index is 1.03. The highest BCUT2D eigenvalue weighted by molar-refractivity contribution is 4.80. The zero-order valence-electron chi connectivity index (χ0n) is 7.72. The molecule has 60 valence electrons. The Morgan fingerprint density at radius 2 is 1.70 bits per heavy atom. The second-order valence-corrected chi connectivity index (χ2v) is 3.73. The van der Waals surface area contributed by atoms with Crippen molar-refractivity contribution in [3.8, 4) is 0 Å². The molecule has 10 heavy (non-hydrogen) atoms. The van der Waals surface area contributed by atoms with E-state index in [-0.39, 0.29) is 0 Å². The molecule has 0 N–H and O–H groups in total. The summed E-state index contributed by atoms with van der Waals surface area (Å²) in [5, 5.41) is 0. The first-order valence-corrected chi connectivity index (χ1v) is 4.01. The van der Waals surface area contributed by atoms with Crippen molar-refractivity contribution in [2.75, 3.05) is 27.7 Å². The summed E-state index contributed by atoms with van der Waals surface area (Å²) in [6, 6.07) is 0. The molecular weight excluding hydrogens is 122 g/mol. The van der Waals surface area contributed by atoms with Gasteiger partial charge in [-0.15, -0.1) is 0 Å². The van der Waals surface area contributed by atoms with E-state index in [1.807, 2.05) is 0 Å². The maximum atomic E-state index is 2.27. The number of allylic oxidation sites excluding steroid dienone is 1. The van der Waals surface area contributed by atoms with Crippen molar-refractivity contribution in [2.45, 2.75) is 19.8 Å². The lowest BCUT2D eigenvalue weighted by Gasteiger charge is -2.21. The second kappa shape index (κ2) is 4.51. The average Bonchev–Trinajstić information content (AvgIpc) is 1.78. The highest BCUT2D eigenvalue weighted by atomic mass is 15.3. The third-order valence-electron chi connectivity index (χ3n) is 1.28. The average molecular weight is 142 g/mol. The van der Waals surface area contributed by atoms with Crippen LogP contribution in [-0.4, -0.2) is 32.2 Å². The van der Waals surface area contributed by atoms with Gasteiger partial charge < -0.3 is 4.48 Å². The summed E-state index contributed by atoms with van der Waals surface area (Å²) in [4.78, 5) is 0. The van der Waals surface area contributed by atoms with Crippen LogP contribution in [0.3, 0.4) is 0 Å². The van der Waals surface area contributed by atoms with Crippen LogP contribution >= 0.6 is 0 Å². The van der Waals surface area contributed by atoms with Crippen LogP contribution in [-0.2, 0) is 0 Å². The maximum Gasteiger partial charge on any atom is 0.0967 e. The van der Waals surface area contributed by atoms with Gasteiger partial charge in [-0.25, -0.2) is 0 Å². The van der Waals surface area contributed by atoms with Crippen molar-refractivity contribution < 1.29 is 4.48 Å². The molecule has 0 aromatic heterocycles. The molecule has 0 unspecified atom stereocenters. The predicted molar refractivity (Wildman–Crippen MR) is 46.9 cm³/mol. The van der Waals surface area contributed by atoms with Crippen LogP contribution in [0, 0.1) is 0 Å². The fourth-order valence-electron chi connectivity index (χ4n) is 0.675. The number of likely N-dealkylation sites (N-methyl/N-ethyl adjacent to an activating group) is 1. The Kier molecular flexibility index (Phi) is 4.37. The van der Waals surface area contributed by atoms with Gasteiger partial charge in [-0.3, -0.25) is 0 Å². The highest BCUT2D eigenvalue weighted by Gasteiger charge is 2.00. The van der Waals surface area contributed by atoms with E-state index in [0.29, 0.717) is 0 Å². The second-order valence-electron chi connectivity index (χ2n) is 3.73. The Balaban J connectivity index is 3.34. The Labute approximate surface area is 64.9 Å². The van der Waals surface area contributed by atoms with Crippen LogP contribution in [0.5, 0.6) is 0 Å². The molecule has 0 bridgehead atoms. The Hall–Kier alpha value is -0.300. The summed E-state index contributed by atoms with van der Waals surface area (Å²) in [5.41, 5.74) is 0. The largest absolute Gasteiger partial charge is 0.328 e. The Morgan fingerprint density at radius 3 is 2.10 bits per heavy atom. The third-order valence-corrected chi connectivity index (χ3v) is 1.28. The third kappa shape index (κ3) is 7.70. The molecule has 0 aliphatic rings. The van der Waals surface area contributed by atoms with E-state index in [0.717, 1.165) is 11.0 Å². The molecule has 0 saturated carbocycles. The molecule has 0 atom stereocenters. The van der Waals surface area contributed by atoms with Crippen molar-refractivity contribution in [1.82, 2.24) is 0 Å². The Morgan fingerprint density at radius 1 is 1.10 bits per heavy atom. The fourth-order valence-corrected chi connectivity index (χ4v) is 0.675. The molecule has 0 heterocycles. The minimum absolute atomic E-state index is 1.03. The standard InChI is InChI=1S/C9H20N/c1-5-6-7-8-9-10(2,3)4/h7-8H,5-6,9H2,1-4H3/q+1. The molecule has 0 aromatic rings. The zero-order chi connectivity index (χ0) is 8.04. The van der Waals surface area contributed by atoms with Gasteiger partial charge in [0, 0.05) is 0 Å². The van der Waals surface area contributed by atoms with Crippen LogP contribution in [0.2, 0.25) is 0 Å². The first-order chi connectivity index (χ1) is 4.56. The molecule has 0 aliphatic heterocycles. The van der Waals surface area contributed by atoms with E-state index in [2.05, 4.69) is 40.2 Å². The number of hydrogen-bond donors (Lipinski definition) is 0. The van der Waals surface area contributed by atoms with Crippen LogP contribution in [0.1, 0.15) is 19.8 Å². The smallest absolute Gasteiger partial charge is 0.0967 e. The summed E-state index contributed by atoms with van der Waals surface area (Å²) in [6.45, 7) is 3.34. The summed E-state index contributed by atoms with van der Waals surface area (Å²) in [6.07, 6.45) is 7.01. The lowest BCUT2D eigenvalue weighted by molar-refractivity contribution is -0.864. The summed E-state index contributed by atoms with van der Waals surface area (Å²) in [5.74, 6) is 0. The number of quaternary nitrogens is 1. The van der Waals surface area contributed by atoms with Gasteiger partial charge in [0.2, 0.25) is 0 Å². The minimum Gasteiger partial charge on any atom is -0.328 e. The van der Waals surface area contributed by atoms with Crippen molar-refractivity contribution in [3.05, 3.63) is 12.2 Å². The van der Waals surface area contributed by atoms with Gasteiger partial charge in [0.15, 0.2) is 0 Å². The molecule has 0 amide bonds. The lowest BCUT2D eigenvalue weighted by atomic mass is 10.3.